The van der Waals surface area contributed by atoms with E-state index < -0.39 is 260 Å². The second kappa shape index (κ2) is 38.1. The summed E-state index contributed by atoms with van der Waals surface area (Å²) in [6, 6.07) is 3.48. The van der Waals surface area contributed by atoms with Crippen molar-refractivity contribution in [3.63, 3.8) is 0 Å². The third-order valence-electron chi connectivity index (χ3n) is 20.9. The number of fused-ring (bicyclic) bond motifs is 15. The Balaban J connectivity index is 1.03. The lowest BCUT2D eigenvalue weighted by atomic mass is 9.84. The van der Waals surface area contributed by atoms with Crippen molar-refractivity contribution in [3.05, 3.63) is 175 Å². The summed E-state index contributed by atoms with van der Waals surface area (Å²) >= 11 is 26.7. The molecule has 43 heteroatoms. The number of carbonyl (C=O) groups is 10. The van der Waals surface area contributed by atoms with E-state index in [1.807, 2.05) is 24.7 Å². The smallest absolute Gasteiger partial charge is 0.330 e. The highest BCUT2D eigenvalue weighted by Gasteiger charge is 2.52. The lowest BCUT2D eigenvalue weighted by molar-refractivity contribution is -0.334. The van der Waals surface area contributed by atoms with Gasteiger partial charge in [0.25, 0.3) is 11.8 Å². The summed E-state index contributed by atoms with van der Waals surface area (Å²) < 4.78 is 39.4. The highest BCUT2D eigenvalue weighted by Crippen LogP contribution is 2.50. The molecule has 7 aliphatic rings. The van der Waals surface area contributed by atoms with Crippen molar-refractivity contribution in [3.8, 4) is 57.1 Å². The van der Waals surface area contributed by atoms with E-state index in [1.165, 1.54) is 56.7 Å². The van der Waals surface area contributed by atoms with Gasteiger partial charge in [-0.05, 0) is 145 Å². The van der Waals surface area contributed by atoms with Gasteiger partial charge in [0.1, 0.15) is 95.5 Å². The van der Waals surface area contributed by atoms with Gasteiger partial charge in [-0.3, -0.25) is 53.6 Å². The summed E-state index contributed by atoms with van der Waals surface area (Å²) in [5.74, 6) is -16.6. The van der Waals surface area contributed by atoms with Gasteiger partial charge in [0, 0.05) is 57.5 Å². The molecule has 0 radical (unpaired) electrons. The first-order valence-corrected chi connectivity index (χ1v) is 39.6. The number of rotatable bonds is 18. The number of nitrogens with zero attached hydrogens (tertiary/aromatic N) is 1. The highest BCUT2D eigenvalue weighted by molar-refractivity contribution is 6.35. The number of likely N-dealkylation sites (N-methyl/N-ethyl adjacent to an activating group) is 1. The molecular weight excluding hydrogens is 1700 g/mol. The molecule has 2 saturated heterocycles. The number of hydrazine groups is 1. The molecule has 6 aromatic carbocycles. The predicted molar refractivity (Wildman–Crippen MR) is 434 cm³/mol. The molecule has 8 heterocycles. The molecule has 0 saturated carbocycles. The van der Waals surface area contributed by atoms with Crippen molar-refractivity contribution in [1.29, 1.82) is 0 Å². The minimum Gasteiger partial charge on any atom is -0.508 e. The van der Waals surface area contributed by atoms with Gasteiger partial charge in [-0.15, -0.1) is 0 Å². The Kier molecular flexibility index (Phi) is 28.1. The zero-order valence-corrected chi connectivity index (χ0v) is 68.6. The van der Waals surface area contributed by atoms with Crippen LogP contribution in [0, 0.1) is 5.92 Å². The molecule has 123 heavy (non-hydrogen) atoms. The van der Waals surface area contributed by atoms with Crippen LogP contribution in [0.15, 0.2) is 116 Å². The number of halogens is 4. The summed E-state index contributed by atoms with van der Waals surface area (Å²) in [4.78, 5) is 149. The standard InChI is InChI=1S/C80H86Cl4N14O25/c1-30(2)12-46(87-5)71(110)95-61-63(104)34-7-10-50(44(83)17-34)119-52-19-36-20-53(67(52)123-78-68(66(107)65(106)54(29-99)121-78)122-56-25-80(4,69(108)31(3)118-56)89-27-32-13-40(28-88-26-32)90-70(109)37-14-38(81)21-39(82)15-37)120-51-11-8-35(18-45(51)84)64(105)62-76(115)94-60(77(116)97-98-79(86)117)43-22-41(100)23-49(102)57(43)42-16-33(6-9-48(42)101)58(73(112)96-62)93-74(113)59(36)92-72(111)47(24-55(85)103)91-75(61)114/h6-11,13-23,26,28,30-31,46-47,54,56,58-66,68-69,78,87,89,99-102,104-108H,12,24-25,27,29H2,1-5H3,(H2,85,103)(H,90,109)(H,91,114)(H,92,111)(H,93,113)(H,94,115)(H,95,110)(H,96,112)(H,97,116)(H3,86,98,117)/t31-,46+,47-,54+,56-,58+,59+,60+,61+,62-,63+,64+,65+,66-,68+,69+,78-,80-/m0/s1. The van der Waals surface area contributed by atoms with Gasteiger partial charge in [-0.1, -0.05) is 78.5 Å². The topological polar surface area (TPSA) is 605 Å². The number of primary amides is 2. The molecule has 7 aliphatic heterocycles. The lowest BCUT2D eigenvalue weighted by Gasteiger charge is -2.48. The number of amides is 11. The average Bonchev–Trinajstić information content (AvgIpc) is 0.765. The molecule has 1 aromatic heterocycles. The largest absolute Gasteiger partial charge is 0.508 e. The van der Waals surface area contributed by atoms with Crippen molar-refractivity contribution in [2.45, 2.75) is 163 Å². The van der Waals surface area contributed by atoms with Gasteiger partial charge in [0.15, 0.2) is 23.9 Å². The predicted octanol–water partition coefficient (Wildman–Crippen LogP) is 2.51. The maximum atomic E-state index is 16.3. The molecule has 24 N–H and O–H groups in total. The molecule has 7 aromatic rings. The number of urea groups is 1. The number of anilines is 1. The molecule has 14 rings (SSSR count). The quantitative estimate of drug-likeness (QED) is 0.0549. The minimum atomic E-state index is -2.41. The average molecular weight is 1790 g/mol. The Labute approximate surface area is 719 Å². The molecule has 11 amide bonds. The summed E-state index contributed by atoms with van der Waals surface area (Å²) in [6.45, 7) is 5.70. The van der Waals surface area contributed by atoms with Gasteiger partial charge in [0.05, 0.1) is 53.2 Å². The molecule has 654 valence electrons. The van der Waals surface area contributed by atoms with Crippen molar-refractivity contribution in [2.75, 3.05) is 19.0 Å². The fraction of sp³-hybridized carbons (Fsp3) is 0.362. The number of phenols is 3. The Morgan fingerprint density at radius 1 is 0.675 bits per heavy atom. The number of nitrogens with two attached hydrogens (primary N) is 2. The van der Waals surface area contributed by atoms with Crippen LogP contribution in [-0.4, -0.2) is 203 Å². The van der Waals surface area contributed by atoms with E-state index in [4.69, 9.17) is 86.3 Å². The zero-order chi connectivity index (χ0) is 89.1. The van der Waals surface area contributed by atoms with Crippen LogP contribution >= 0.6 is 46.4 Å². The van der Waals surface area contributed by atoms with Gasteiger partial charge in [0.2, 0.25) is 53.4 Å². The number of aromatic nitrogens is 1. The van der Waals surface area contributed by atoms with Gasteiger partial charge in [-0.2, -0.15) is 0 Å². The first-order valence-electron chi connectivity index (χ1n) is 38.0. The highest BCUT2D eigenvalue weighted by atomic mass is 35.5. The van der Waals surface area contributed by atoms with Crippen molar-refractivity contribution < 1.29 is 122 Å². The molecule has 39 nitrogen and oxygen atoms in total. The molecule has 0 unspecified atom stereocenters. The Morgan fingerprint density at radius 2 is 1.31 bits per heavy atom. The maximum Gasteiger partial charge on any atom is 0.330 e. The van der Waals surface area contributed by atoms with E-state index in [9.17, 15) is 69.9 Å². The summed E-state index contributed by atoms with van der Waals surface area (Å²) in [5, 5.41) is 130. The lowest BCUT2D eigenvalue weighted by Crippen LogP contribution is -2.65. The summed E-state index contributed by atoms with van der Waals surface area (Å²) in [6.07, 6.45) is -16.6. The number of nitrogens with one attached hydrogen (secondary N) is 11. The number of hydrogen-bond donors (Lipinski definition) is 22. The van der Waals surface area contributed by atoms with Gasteiger partial charge < -0.3 is 134 Å². The number of phenolic OH excluding ortho intramolecular Hbond substituents is 3. The third kappa shape index (κ3) is 20.6. The van der Waals surface area contributed by atoms with Crippen LogP contribution in [0.5, 0.6) is 46.0 Å². The molecule has 2 fully saturated rings. The van der Waals surface area contributed by atoms with E-state index in [0.717, 1.165) is 66.7 Å². The number of pyridine rings is 1. The first kappa shape index (κ1) is 90.7. The number of hydrogen-bond acceptors (Lipinski definition) is 28. The van der Waals surface area contributed by atoms with Crippen LogP contribution in [-0.2, 0) is 59.1 Å². The van der Waals surface area contributed by atoms with Crippen LogP contribution in [0.1, 0.15) is 121 Å². The zero-order valence-electron chi connectivity index (χ0n) is 65.6. The number of aliphatic hydroxyl groups excluding tert-OH is 6. The molecule has 11 bridgehead atoms. The number of aliphatic hydroxyl groups is 6. The van der Waals surface area contributed by atoms with E-state index in [1.54, 1.807) is 13.0 Å². The third-order valence-corrected chi connectivity index (χ3v) is 22.0. The molecule has 18 atom stereocenters. The molecule has 0 aliphatic carbocycles. The summed E-state index contributed by atoms with van der Waals surface area (Å²) in [5.41, 5.74) is 11.4. The van der Waals surface area contributed by atoms with Crippen molar-refractivity contribution >= 4 is 111 Å². The summed E-state index contributed by atoms with van der Waals surface area (Å²) in [7, 11) is 1.46. The maximum absolute atomic E-state index is 16.3. The number of benzene rings is 6. The minimum absolute atomic E-state index is 0.0263. The molecular formula is C80H86Cl4N14O25. The van der Waals surface area contributed by atoms with Crippen LogP contribution in [0.2, 0.25) is 20.1 Å². The number of carbonyl (C=O) groups excluding carboxylic acids is 10. The second-order valence-corrected chi connectivity index (χ2v) is 32.0. The van der Waals surface area contributed by atoms with Crippen LogP contribution in [0.25, 0.3) is 11.1 Å². The SMILES string of the molecule is CN[C@H](CC(C)C)C(=O)N[C@H]1C(=O)N[C@@H](CC(N)=O)C(=O)N[C@H]2C(=O)N[C@H]3C(=O)N[C@H](C(=O)N[C@@H](C(=O)NNC(N)=O)c4cc(O)cc(O)c4-c4cc3ccc4O)[C@H](O)c3ccc(c(Cl)c3)Oc3cc2cc(c3O[C@@H]2O[C@H](CO)[C@@H](O)[C@H](O)[C@H]2O[C@H]2C[C@](C)(NCc3cncc(NC(=O)c4cc(Cl)cc(Cl)c4)c3)[C@H](O)[C@H](C)O2)Oc2ccc(cc2Cl)[C@H]1O. The van der Waals surface area contributed by atoms with Crippen molar-refractivity contribution in [1.82, 2.24) is 58.4 Å². The van der Waals surface area contributed by atoms with E-state index in [2.05, 4.69) is 52.8 Å². The molecule has 0 spiro atoms. The number of aromatic hydroxyl groups is 3. The van der Waals surface area contributed by atoms with Crippen molar-refractivity contribution in [2.24, 2.45) is 17.4 Å². The van der Waals surface area contributed by atoms with E-state index in [0.29, 0.717) is 5.56 Å². The Morgan fingerprint density at radius 3 is 1.93 bits per heavy atom. The normalized spacial score (nSPS) is 26.1. The monoisotopic (exact) mass is 1780 g/mol. The fourth-order valence-electron chi connectivity index (χ4n) is 14.7. The Hall–Kier alpha value is -11.5. The van der Waals surface area contributed by atoms with Gasteiger partial charge >= 0.3 is 6.03 Å². The fourth-order valence-corrected chi connectivity index (χ4v) is 15.7. The van der Waals surface area contributed by atoms with Crippen LogP contribution in [0.3, 0.4) is 0 Å². The van der Waals surface area contributed by atoms with Crippen LogP contribution in [0.4, 0.5) is 10.5 Å². The van der Waals surface area contributed by atoms with E-state index in [-0.39, 0.29) is 63.5 Å². The van der Waals surface area contributed by atoms with E-state index >= 15 is 24.0 Å². The first-order chi connectivity index (χ1) is 58.3. The van der Waals surface area contributed by atoms with Crippen LogP contribution < -0.4 is 84.4 Å². The Bertz CT molecular complexity index is 5270. The number of ether oxygens (including phenoxy) is 6. The second-order valence-electron chi connectivity index (χ2n) is 30.3. The van der Waals surface area contributed by atoms with Gasteiger partial charge in [-0.25, -0.2) is 10.2 Å².